The van der Waals surface area contributed by atoms with Crippen LogP contribution < -0.4 is 5.32 Å². The van der Waals surface area contributed by atoms with Gasteiger partial charge in [-0.15, -0.1) is 0 Å². The molecule has 0 radical (unpaired) electrons. The molecule has 0 aliphatic heterocycles. The van der Waals surface area contributed by atoms with Crippen LogP contribution in [0.1, 0.15) is 29.3 Å². The van der Waals surface area contributed by atoms with Gasteiger partial charge in [-0.25, -0.2) is 0 Å². The molecule has 0 bridgehead atoms. The van der Waals surface area contributed by atoms with Gasteiger partial charge in [-0.3, -0.25) is 4.79 Å². The van der Waals surface area contributed by atoms with Gasteiger partial charge in [0.1, 0.15) is 0 Å². The fourth-order valence-corrected chi connectivity index (χ4v) is 1.74. The molecule has 2 N–H and O–H groups in total. The van der Waals surface area contributed by atoms with Crippen molar-refractivity contribution in [2.24, 2.45) is 0 Å². The van der Waals surface area contributed by atoms with E-state index >= 15 is 0 Å². The summed E-state index contributed by atoms with van der Waals surface area (Å²) >= 11 is 0. The van der Waals surface area contributed by atoms with Crippen LogP contribution in [0.25, 0.3) is 0 Å². The number of carbonyl (C=O) groups is 1. The summed E-state index contributed by atoms with van der Waals surface area (Å²) in [5.74, 6) is -0.0244. The van der Waals surface area contributed by atoms with E-state index in [1.165, 1.54) is 0 Å². The Hall–Kier alpha value is -1.55. The fraction of sp³-hybridized carbons (Fsp3) is 0.500. The topological polar surface area (TPSA) is 52.6 Å². The van der Waals surface area contributed by atoms with Crippen molar-refractivity contribution in [3.05, 3.63) is 29.3 Å². The largest absolute Gasteiger partial charge is 0.393 e. The van der Waals surface area contributed by atoms with Crippen LogP contribution in [0, 0.1) is 6.92 Å². The summed E-state index contributed by atoms with van der Waals surface area (Å²) in [4.78, 5) is 13.9. The number of aryl methyl sites for hydroxylation is 1. The highest BCUT2D eigenvalue weighted by Crippen LogP contribution is 2.18. The molecule has 0 aliphatic rings. The molecule has 1 amide bonds. The number of nitrogens with zero attached hydrogens (tertiary/aromatic N) is 1. The van der Waals surface area contributed by atoms with Crippen molar-refractivity contribution in [1.82, 2.24) is 4.90 Å². The standard InChI is InChI=1S/C14H22N2O2/c1-10-5-6-13(15-3)12(9-10)14(18)16(4)8-7-11(2)17/h5-6,9,11,15,17H,7-8H2,1-4H3. The van der Waals surface area contributed by atoms with Gasteiger partial charge < -0.3 is 15.3 Å². The van der Waals surface area contributed by atoms with Crippen molar-refractivity contribution in [3.63, 3.8) is 0 Å². The number of benzene rings is 1. The molecule has 0 aliphatic carbocycles. The maximum atomic E-state index is 12.3. The number of amides is 1. The summed E-state index contributed by atoms with van der Waals surface area (Å²) in [5, 5.41) is 12.3. The van der Waals surface area contributed by atoms with E-state index in [1.807, 2.05) is 25.1 Å². The Kier molecular flexibility index (Phi) is 5.16. The monoisotopic (exact) mass is 250 g/mol. The van der Waals surface area contributed by atoms with Crippen LogP contribution >= 0.6 is 0 Å². The van der Waals surface area contributed by atoms with Gasteiger partial charge in [0, 0.05) is 26.3 Å². The highest BCUT2D eigenvalue weighted by Gasteiger charge is 2.15. The molecule has 0 saturated carbocycles. The van der Waals surface area contributed by atoms with Crippen molar-refractivity contribution in [1.29, 1.82) is 0 Å². The molecule has 1 aromatic rings. The smallest absolute Gasteiger partial charge is 0.255 e. The van der Waals surface area contributed by atoms with E-state index < -0.39 is 0 Å². The van der Waals surface area contributed by atoms with Crippen LogP contribution in [0.2, 0.25) is 0 Å². The van der Waals surface area contributed by atoms with Crippen molar-refractivity contribution in [2.45, 2.75) is 26.4 Å². The molecule has 18 heavy (non-hydrogen) atoms. The van der Waals surface area contributed by atoms with Crippen LogP contribution in [-0.2, 0) is 0 Å². The number of hydrogen-bond donors (Lipinski definition) is 2. The second-order valence-electron chi connectivity index (χ2n) is 4.66. The van der Waals surface area contributed by atoms with Crippen molar-refractivity contribution >= 4 is 11.6 Å². The van der Waals surface area contributed by atoms with Crippen LogP contribution in [0.5, 0.6) is 0 Å². The van der Waals surface area contributed by atoms with Crippen molar-refractivity contribution in [2.75, 3.05) is 26.0 Å². The van der Waals surface area contributed by atoms with Crippen LogP contribution in [-0.4, -0.2) is 42.7 Å². The normalized spacial score (nSPS) is 12.1. The van der Waals surface area contributed by atoms with Gasteiger partial charge in [-0.1, -0.05) is 11.6 Å². The van der Waals surface area contributed by atoms with E-state index in [2.05, 4.69) is 5.32 Å². The average molecular weight is 250 g/mol. The zero-order valence-electron chi connectivity index (χ0n) is 11.5. The number of carbonyl (C=O) groups excluding carboxylic acids is 1. The van der Waals surface area contributed by atoms with E-state index in [1.54, 1.807) is 25.9 Å². The average Bonchev–Trinajstić information content (AvgIpc) is 2.34. The predicted molar refractivity (Wildman–Crippen MR) is 74.0 cm³/mol. The lowest BCUT2D eigenvalue weighted by molar-refractivity contribution is 0.0770. The third-order valence-corrected chi connectivity index (χ3v) is 2.90. The Morgan fingerprint density at radius 3 is 2.72 bits per heavy atom. The van der Waals surface area contributed by atoms with Crippen LogP contribution in [0.4, 0.5) is 5.69 Å². The maximum Gasteiger partial charge on any atom is 0.255 e. The zero-order valence-corrected chi connectivity index (χ0v) is 11.5. The molecule has 1 unspecified atom stereocenters. The molecule has 0 fully saturated rings. The molecule has 4 nitrogen and oxygen atoms in total. The summed E-state index contributed by atoms with van der Waals surface area (Å²) in [7, 11) is 3.56. The van der Waals surface area contributed by atoms with E-state index in [0.29, 0.717) is 18.5 Å². The van der Waals surface area contributed by atoms with Crippen molar-refractivity contribution < 1.29 is 9.90 Å². The zero-order chi connectivity index (χ0) is 13.7. The SMILES string of the molecule is CNc1ccc(C)cc1C(=O)N(C)CCC(C)O. The first kappa shape index (κ1) is 14.5. The van der Waals surface area contributed by atoms with Gasteiger partial charge in [-0.2, -0.15) is 0 Å². The molecule has 0 aromatic heterocycles. The Morgan fingerprint density at radius 2 is 2.17 bits per heavy atom. The Labute approximate surface area is 109 Å². The van der Waals surface area contributed by atoms with Gasteiger partial charge in [-0.05, 0) is 32.4 Å². The summed E-state index contributed by atoms with van der Waals surface area (Å²) in [6.45, 7) is 4.24. The number of nitrogens with one attached hydrogen (secondary N) is 1. The minimum atomic E-state index is -0.387. The molecule has 0 saturated heterocycles. The Morgan fingerprint density at radius 1 is 1.50 bits per heavy atom. The molecule has 100 valence electrons. The van der Waals surface area contributed by atoms with E-state index in [4.69, 9.17) is 0 Å². The third-order valence-electron chi connectivity index (χ3n) is 2.90. The lowest BCUT2D eigenvalue weighted by Gasteiger charge is -2.20. The summed E-state index contributed by atoms with van der Waals surface area (Å²) in [5.41, 5.74) is 2.56. The number of aliphatic hydroxyl groups excluding tert-OH is 1. The first-order chi connectivity index (χ1) is 8.45. The van der Waals surface area contributed by atoms with Crippen molar-refractivity contribution in [3.8, 4) is 0 Å². The molecular weight excluding hydrogens is 228 g/mol. The van der Waals surface area contributed by atoms with E-state index in [0.717, 1.165) is 11.3 Å². The molecule has 1 atom stereocenters. The number of hydrogen-bond acceptors (Lipinski definition) is 3. The van der Waals surface area contributed by atoms with Gasteiger partial charge in [0.2, 0.25) is 0 Å². The predicted octanol–water partition coefficient (Wildman–Crippen LogP) is 1.88. The van der Waals surface area contributed by atoms with E-state index in [-0.39, 0.29) is 12.0 Å². The minimum absolute atomic E-state index is 0.0244. The summed E-state index contributed by atoms with van der Waals surface area (Å²) in [6.07, 6.45) is 0.199. The number of rotatable bonds is 5. The van der Waals surface area contributed by atoms with Crippen LogP contribution in [0.15, 0.2) is 18.2 Å². The molecule has 4 heteroatoms. The molecule has 1 rings (SSSR count). The number of aliphatic hydroxyl groups is 1. The first-order valence-corrected chi connectivity index (χ1v) is 6.17. The van der Waals surface area contributed by atoms with Gasteiger partial charge in [0.15, 0.2) is 0 Å². The van der Waals surface area contributed by atoms with Gasteiger partial charge in [0.25, 0.3) is 5.91 Å². The Bertz CT molecular complexity index is 416. The fourth-order valence-electron chi connectivity index (χ4n) is 1.74. The molecular formula is C14H22N2O2. The second-order valence-corrected chi connectivity index (χ2v) is 4.66. The molecule has 1 aromatic carbocycles. The van der Waals surface area contributed by atoms with Gasteiger partial charge >= 0.3 is 0 Å². The molecule has 0 heterocycles. The third kappa shape index (κ3) is 3.74. The Balaban J connectivity index is 2.85. The highest BCUT2D eigenvalue weighted by atomic mass is 16.3. The summed E-state index contributed by atoms with van der Waals surface area (Å²) < 4.78 is 0. The second kappa shape index (κ2) is 6.40. The maximum absolute atomic E-state index is 12.3. The quantitative estimate of drug-likeness (QED) is 0.839. The molecule has 0 spiro atoms. The minimum Gasteiger partial charge on any atom is -0.393 e. The highest BCUT2D eigenvalue weighted by molar-refractivity contribution is 5.99. The lowest BCUT2D eigenvalue weighted by atomic mass is 10.1. The first-order valence-electron chi connectivity index (χ1n) is 6.17. The van der Waals surface area contributed by atoms with E-state index in [9.17, 15) is 9.90 Å². The summed E-state index contributed by atoms with van der Waals surface area (Å²) in [6, 6.07) is 5.76. The van der Waals surface area contributed by atoms with Crippen LogP contribution in [0.3, 0.4) is 0 Å². The van der Waals surface area contributed by atoms with Gasteiger partial charge in [0.05, 0.1) is 11.7 Å². The number of anilines is 1. The lowest BCUT2D eigenvalue weighted by Crippen LogP contribution is -2.30.